The molecule has 0 N–H and O–H groups in total. The zero-order chi connectivity index (χ0) is 14.6. The molecular weight excluding hydrogens is 279 g/mol. The Morgan fingerprint density at radius 3 is 2.16 bits per heavy atom. The first-order chi connectivity index (χ1) is 8.76. The number of ether oxygens (including phenoxy) is 2. The second-order valence-electron chi connectivity index (χ2n) is 3.10. The summed E-state index contributed by atoms with van der Waals surface area (Å²) in [6.45, 7) is -3.46. The van der Waals surface area contributed by atoms with Gasteiger partial charge in [0.25, 0.3) is 0 Å². The van der Waals surface area contributed by atoms with Crippen molar-refractivity contribution >= 4 is 12.6 Å². The molecule has 0 unspecified atom stereocenters. The standard InChI is InChI=1S/C10H5F5O4/c11-9(12)18-8-6(4-17)1-5(3-16)2-7(8)19-10(13,14)15/h1-4,9H. The van der Waals surface area contributed by atoms with E-state index in [0.717, 1.165) is 6.07 Å². The van der Waals surface area contributed by atoms with Gasteiger partial charge < -0.3 is 9.47 Å². The van der Waals surface area contributed by atoms with Gasteiger partial charge in [0.05, 0.1) is 5.56 Å². The molecule has 104 valence electrons. The Balaban J connectivity index is 3.36. The highest BCUT2D eigenvalue weighted by molar-refractivity contribution is 5.87. The number of hydrogen-bond donors (Lipinski definition) is 0. The molecular formula is C10H5F5O4. The van der Waals surface area contributed by atoms with Gasteiger partial charge in [-0.1, -0.05) is 0 Å². The largest absolute Gasteiger partial charge is 0.573 e. The van der Waals surface area contributed by atoms with Gasteiger partial charge in [0.1, 0.15) is 6.29 Å². The van der Waals surface area contributed by atoms with E-state index in [9.17, 15) is 31.5 Å². The normalized spacial score (nSPS) is 11.3. The van der Waals surface area contributed by atoms with E-state index in [1.165, 1.54) is 0 Å². The van der Waals surface area contributed by atoms with E-state index in [1.54, 1.807) is 0 Å². The molecule has 0 heterocycles. The molecule has 1 aromatic rings. The monoisotopic (exact) mass is 284 g/mol. The van der Waals surface area contributed by atoms with Crippen LogP contribution in [-0.2, 0) is 0 Å². The van der Waals surface area contributed by atoms with E-state index in [-0.39, 0.29) is 18.1 Å². The van der Waals surface area contributed by atoms with Crippen molar-refractivity contribution in [1.82, 2.24) is 0 Å². The van der Waals surface area contributed by atoms with Gasteiger partial charge in [-0.05, 0) is 12.1 Å². The average Bonchev–Trinajstić information content (AvgIpc) is 2.28. The molecule has 0 spiro atoms. The summed E-state index contributed by atoms with van der Waals surface area (Å²) in [5.41, 5.74) is -1.02. The van der Waals surface area contributed by atoms with Gasteiger partial charge in [0, 0.05) is 5.56 Å². The number of rotatable bonds is 5. The molecule has 0 bridgehead atoms. The summed E-state index contributed by atoms with van der Waals surface area (Å²) in [4.78, 5) is 21.1. The topological polar surface area (TPSA) is 52.6 Å². The van der Waals surface area contributed by atoms with E-state index >= 15 is 0 Å². The molecule has 1 rings (SSSR count). The van der Waals surface area contributed by atoms with Crippen LogP contribution in [0.3, 0.4) is 0 Å². The second kappa shape index (κ2) is 5.63. The van der Waals surface area contributed by atoms with Gasteiger partial charge in [-0.25, -0.2) is 0 Å². The summed E-state index contributed by atoms with van der Waals surface area (Å²) in [7, 11) is 0. The molecule has 0 fully saturated rings. The molecule has 0 saturated carbocycles. The zero-order valence-corrected chi connectivity index (χ0v) is 8.91. The van der Waals surface area contributed by atoms with Crippen LogP contribution in [0, 0.1) is 0 Å². The van der Waals surface area contributed by atoms with Crippen molar-refractivity contribution in [2.75, 3.05) is 0 Å². The lowest BCUT2D eigenvalue weighted by atomic mass is 10.1. The van der Waals surface area contributed by atoms with Crippen LogP contribution in [0.2, 0.25) is 0 Å². The Bertz CT molecular complexity index is 484. The van der Waals surface area contributed by atoms with Crippen molar-refractivity contribution in [3.8, 4) is 11.5 Å². The predicted octanol–water partition coefficient (Wildman–Crippen LogP) is 2.81. The van der Waals surface area contributed by atoms with Crippen molar-refractivity contribution in [2.45, 2.75) is 13.0 Å². The van der Waals surface area contributed by atoms with Crippen LogP contribution in [0.5, 0.6) is 11.5 Å². The minimum Gasteiger partial charge on any atom is -0.430 e. The van der Waals surface area contributed by atoms with Gasteiger partial charge >= 0.3 is 13.0 Å². The van der Waals surface area contributed by atoms with E-state index in [4.69, 9.17) is 0 Å². The Labute approximate surface area is 102 Å². The van der Waals surface area contributed by atoms with Crippen LogP contribution >= 0.6 is 0 Å². The van der Waals surface area contributed by atoms with Gasteiger partial charge in [0.2, 0.25) is 0 Å². The van der Waals surface area contributed by atoms with Crippen molar-refractivity contribution in [2.24, 2.45) is 0 Å². The number of carbonyl (C=O) groups is 2. The summed E-state index contributed by atoms with van der Waals surface area (Å²) in [5.74, 6) is -2.28. The van der Waals surface area contributed by atoms with Crippen LogP contribution in [0.4, 0.5) is 22.0 Å². The average molecular weight is 284 g/mol. The quantitative estimate of drug-likeness (QED) is 0.616. The molecule has 1 aromatic carbocycles. The molecule has 0 aliphatic rings. The third-order valence-corrected chi connectivity index (χ3v) is 1.80. The lowest BCUT2D eigenvalue weighted by molar-refractivity contribution is -0.275. The minimum atomic E-state index is -5.19. The summed E-state index contributed by atoms with van der Waals surface area (Å²) < 4.78 is 67.7. The van der Waals surface area contributed by atoms with Gasteiger partial charge in [0.15, 0.2) is 17.8 Å². The fourth-order valence-corrected chi connectivity index (χ4v) is 1.22. The van der Waals surface area contributed by atoms with E-state index in [2.05, 4.69) is 9.47 Å². The predicted molar refractivity (Wildman–Crippen MR) is 50.5 cm³/mol. The number of carbonyl (C=O) groups excluding carboxylic acids is 2. The Morgan fingerprint density at radius 1 is 1.11 bits per heavy atom. The van der Waals surface area contributed by atoms with Crippen LogP contribution in [0.25, 0.3) is 0 Å². The second-order valence-corrected chi connectivity index (χ2v) is 3.10. The zero-order valence-electron chi connectivity index (χ0n) is 8.91. The summed E-state index contributed by atoms with van der Waals surface area (Å²) in [6, 6.07) is 1.33. The lowest BCUT2D eigenvalue weighted by Gasteiger charge is -2.15. The molecule has 0 radical (unpaired) electrons. The number of hydrogen-bond acceptors (Lipinski definition) is 4. The molecule has 0 saturated heterocycles. The van der Waals surface area contributed by atoms with Gasteiger partial charge in [-0.3, -0.25) is 9.59 Å². The summed E-state index contributed by atoms with van der Waals surface area (Å²) in [6.07, 6.45) is -5.10. The highest BCUT2D eigenvalue weighted by Crippen LogP contribution is 2.36. The number of aldehydes is 2. The Hall–Kier alpha value is -2.19. The molecule has 0 amide bonds. The molecule has 0 aliphatic heterocycles. The molecule has 0 aromatic heterocycles. The van der Waals surface area contributed by atoms with Gasteiger partial charge in [-0.15, -0.1) is 13.2 Å². The van der Waals surface area contributed by atoms with E-state index < -0.39 is 30.0 Å². The molecule has 4 nitrogen and oxygen atoms in total. The molecule has 19 heavy (non-hydrogen) atoms. The number of benzene rings is 1. The van der Waals surface area contributed by atoms with Crippen LogP contribution in [-0.4, -0.2) is 25.5 Å². The Kier molecular flexibility index (Phi) is 4.41. The van der Waals surface area contributed by atoms with Crippen molar-refractivity contribution in [1.29, 1.82) is 0 Å². The highest BCUT2D eigenvalue weighted by atomic mass is 19.4. The van der Waals surface area contributed by atoms with Crippen molar-refractivity contribution in [3.05, 3.63) is 23.3 Å². The first-order valence-corrected chi connectivity index (χ1v) is 4.55. The van der Waals surface area contributed by atoms with E-state index in [0.29, 0.717) is 6.07 Å². The summed E-state index contributed by atoms with van der Waals surface area (Å²) >= 11 is 0. The number of halogens is 5. The number of alkyl halides is 5. The fraction of sp³-hybridized carbons (Fsp3) is 0.200. The first-order valence-electron chi connectivity index (χ1n) is 4.55. The van der Waals surface area contributed by atoms with Crippen LogP contribution in [0.15, 0.2) is 12.1 Å². The maximum Gasteiger partial charge on any atom is 0.573 e. The van der Waals surface area contributed by atoms with E-state index in [1.807, 2.05) is 0 Å². The molecule has 0 atom stereocenters. The molecule has 9 heteroatoms. The minimum absolute atomic E-state index is 0.0338. The SMILES string of the molecule is O=Cc1cc(C=O)c(OC(F)F)c(OC(F)(F)F)c1. The fourth-order valence-electron chi connectivity index (χ4n) is 1.22. The third-order valence-electron chi connectivity index (χ3n) is 1.80. The third kappa shape index (κ3) is 4.19. The van der Waals surface area contributed by atoms with Crippen molar-refractivity contribution < 1.29 is 41.0 Å². The van der Waals surface area contributed by atoms with Crippen LogP contribution < -0.4 is 9.47 Å². The Morgan fingerprint density at radius 2 is 1.74 bits per heavy atom. The maximum atomic E-state index is 12.1. The lowest BCUT2D eigenvalue weighted by Crippen LogP contribution is -2.19. The van der Waals surface area contributed by atoms with Gasteiger partial charge in [-0.2, -0.15) is 8.78 Å². The molecule has 0 aliphatic carbocycles. The van der Waals surface area contributed by atoms with Crippen molar-refractivity contribution in [3.63, 3.8) is 0 Å². The maximum absolute atomic E-state index is 12.1. The first kappa shape index (κ1) is 14.9. The summed E-state index contributed by atoms with van der Waals surface area (Å²) in [5, 5.41) is 0. The highest BCUT2D eigenvalue weighted by Gasteiger charge is 2.33. The van der Waals surface area contributed by atoms with Crippen LogP contribution in [0.1, 0.15) is 20.7 Å². The smallest absolute Gasteiger partial charge is 0.430 e.